The third kappa shape index (κ3) is 3.92. The minimum Gasteiger partial charge on any atom is -0.355 e. The second-order valence-electron chi connectivity index (χ2n) is 6.42. The molecule has 2 N–H and O–H groups in total. The summed E-state index contributed by atoms with van der Waals surface area (Å²) in [5.41, 5.74) is 2.74. The molecular formula is C18H25N3O2S. The molecule has 2 aliphatic rings. The first kappa shape index (κ1) is 17.3. The summed E-state index contributed by atoms with van der Waals surface area (Å²) in [5, 5.41) is 5.83. The third-order valence-corrected chi connectivity index (χ3v) is 5.49. The van der Waals surface area contributed by atoms with Gasteiger partial charge in [0.05, 0.1) is 12.5 Å². The van der Waals surface area contributed by atoms with E-state index in [0.29, 0.717) is 19.1 Å². The van der Waals surface area contributed by atoms with Gasteiger partial charge in [-0.3, -0.25) is 14.5 Å². The molecule has 1 heterocycles. The van der Waals surface area contributed by atoms with Crippen LogP contribution in [0.1, 0.15) is 17.5 Å². The summed E-state index contributed by atoms with van der Waals surface area (Å²) < 4.78 is 0. The number of thioether (sulfide) groups is 1. The predicted octanol–water partition coefficient (Wildman–Crippen LogP) is 0.824. The van der Waals surface area contributed by atoms with Crippen LogP contribution >= 0.6 is 11.8 Å². The van der Waals surface area contributed by atoms with Crippen LogP contribution < -0.4 is 10.6 Å². The van der Waals surface area contributed by atoms with Crippen molar-refractivity contribution in [3.63, 3.8) is 0 Å². The lowest BCUT2D eigenvalue weighted by atomic mass is 10.0. The topological polar surface area (TPSA) is 61.4 Å². The highest BCUT2D eigenvalue weighted by Crippen LogP contribution is 2.28. The van der Waals surface area contributed by atoms with Gasteiger partial charge in [-0.2, -0.15) is 11.8 Å². The molecule has 2 amide bonds. The van der Waals surface area contributed by atoms with Crippen LogP contribution in [0, 0.1) is 0 Å². The van der Waals surface area contributed by atoms with Crippen LogP contribution in [0.3, 0.4) is 0 Å². The summed E-state index contributed by atoms with van der Waals surface area (Å²) in [4.78, 5) is 26.8. The molecule has 1 aromatic rings. The zero-order chi connectivity index (χ0) is 16.9. The number of rotatable bonds is 6. The normalized spacial score (nSPS) is 21.4. The zero-order valence-electron chi connectivity index (χ0n) is 14.1. The van der Waals surface area contributed by atoms with Gasteiger partial charge in [-0.25, -0.2) is 0 Å². The third-order valence-electron chi connectivity index (χ3n) is 4.88. The predicted molar refractivity (Wildman–Crippen MR) is 97.2 cm³/mol. The molecule has 24 heavy (non-hydrogen) atoms. The lowest BCUT2D eigenvalue weighted by molar-refractivity contribution is -0.135. The summed E-state index contributed by atoms with van der Waals surface area (Å²) in [7, 11) is 0. The Labute approximate surface area is 147 Å². The Bertz CT molecular complexity index is 583. The van der Waals surface area contributed by atoms with Gasteiger partial charge in [0.25, 0.3) is 0 Å². The fraction of sp³-hybridized carbons (Fsp3) is 0.556. The maximum Gasteiger partial charge on any atom is 0.237 e. The summed E-state index contributed by atoms with van der Waals surface area (Å²) in [6.07, 6.45) is 4.19. The van der Waals surface area contributed by atoms with E-state index in [1.54, 1.807) is 11.8 Å². The van der Waals surface area contributed by atoms with Crippen LogP contribution in [0.4, 0.5) is 0 Å². The number of hydrogen-bond donors (Lipinski definition) is 2. The van der Waals surface area contributed by atoms with E-state index in [-0.39, 0.29) is 24.3 Å². The Morgan fingerprint density at radius 1 is 1.33 bits per heavy atom. The highest BCUT2D eigenvalue weighted by molar-refractivity contribution is 7.98. The van der Waals surface area contributed by atoms with E-state index in [0.717, 1.165) is 25.1 Å². The van der Waals surface area contributed by atoms with E-state index < -0.39 is 0 Å². The van der Waals surface area contributed by atoms with Gasteiger partial charge in [-0.1, -0.05) is 24.3 Å². The molecule has 1 saturated heterocycles. The van der Waals surface area contributed by atoms with E-state index >= 15 is 0 Å². The van der Waals surface area contributed by atoms with Gasteiger partial charge in [-0.05, 0) is 30.2 Å². The van der Waals surface area contributed by atoms with E-state index in [2.05, 4.69) is 39.8 Å². The van der Waals surface area contributed by atoms with Crippen molar-refractivity contribution in [2.75, 3.05) is 31.6 Å². The number of amides is 2. The van der Waals surface area contributed by atoms with Crippen molar-refractivity contribution >= 4 is 23.6 Å². The van der Waals surface area contributed by atoms with Crippen molar-refractivity contribution in [2.24, 2.45) is 0 Å². The number of piperazine rings is 1. The molecule has 1 aliphatic carbocycles. The quantitative estimate of drug-likeness (QED) is 0.748. The summed E-state index contributed by atoms with van der Waals surface area (Å²) in [6, 6.07) is 8.44. The maximum absolute atomic E-state index is 12.4. The minimum atomic E-state index is -0.354. The number of carbonyl (C=O) groups is 2. The van der Waals surface area contributed by atoms with Crippen molar-refractivity contribution in [3.8, 4) is 0 Å². The highest BCUT2D eigenvalue weighted by Gasteiger charge is 2.37. The number of hydrogen-bond acceptors (Lipinski definition) is 4. The lowest BCUT2D eigenvalue weighted by Crippen LogP contribution is -2.59. The molecule has 0 bridgehead atoms. The van der Waals surface area contributed by atoms with Crippen molar-refractivity contribution in [1.82, 2.24) is 15.5 Å². The number of nitrogens with one attached hydrogen (secondary N) is 2. The second-order valence-corrected chi connectivity index (χ2v) is 7.41. The standard InChI is InChI=1S/C18H25N3O2S/c1-24-9-7-19-17(22)12-16-18(23)20-6-8-21(16)15-10-13-4-2-3-5-14(13)11-15/h2-5,15-16H,6-12H2,1H3,(H,19,22)(H,20,23)/t16-/m1/s1. The van der Waals surface area contributed by atoms with Crippen LogP contribution in [0.2, 0.25) is 0 Å². The van der Waals surface area contributed by atoms with Gasteiger partial charge in [0.2, 0.25) is 11.8 Å². The fourth-order valence-electron chi connectivity index (χ4n) is 3.69. The summed E-state index contributed by atoms with van der Waals surface area (Å²) in [6.45, 7) is 2.13. The molecule has 1 aromatic carbocycles. The molecule has 6 heteroatoms. The average molecular weight is 347 g/mol. The molecule has 130 valence electrons. The van der Waals surface area contributed by atoms with Crippen LogP contribution in [0.25, 0.3) is 0 Å². The van der Waals surface area contributed by atoms with Crippen LogP contribution in [0.15, 0.2) is 24.3 Å². The Kier molecular flexibility index (Phi) is 5.79. The molecule has 3 rings (SSSR count). The van der Waals surface area contributed by atoms with Crippen LogP contribution in [-0.4, -0.2) is 60.4 Å². The van der Waals surface area contributed by atoms with Gasteiger partial charge in [0, 0.05) is 31.4 Å². The molecule has 0 spiro atoms. The van der Waals surface area contributed by atoms with E-state index in [1.807, 2.05) is 6.26 Å². The van der Waals surface area contributed by atoms with E-state index in [4.69, 9.17) is 0 Å². The smallest absolute Gasteiger partial charge is 0.237 e. The Morgan fingerprint density at radius 3 is 2.71 bits per heavy atom. The molecule has 5 nitrogen and oxygen atoms in total. The summed E-state index contributed by atoms with van der Waals surface area (Å²) in [5.74, 6) is 0.841. The Balaban J connectivity index is 1.65. The summed E-state index contributed by atoms with van der Waals surface area (Å²) >= 11 is 1.70. The maximum atomic E-state index is 12.4. The number of benzene rings is 1. The minimum absolute atomic E-state index is 0.0165. The van der Waals surface area contributed by atoms with Gasteiger partial charge >= 0.3 is 0 Å². The van der Waals surface area contributed by atoms with Crippen molar-refractivity contribution in [1.29, 1.82) is 0 Å². The molecule has 1 aliphatic heterocycles. The molecule has 0 saturated carbocycles. The molecule has 0 radical (unpaired) electrons. The van der Waals surface area contributed by atoms with Gasteiger partial charge in [0.15, 0.2) is 0 Å². The van der Waals surface area contributed by atoms with Crippen molar-refractivity contribution < 1.29 is 9.59 Å². The zero-order valence-corrected chi connectivity index (χ0v) is 14.9. The van der Waals surface area contributed by atoms with Crippen molar-refractivity contribution in [2.45, 2.75) is 31.3 Å². The largest absolute Gasteiger partial charge is 0.355 e. The molecule has 1 atom stereocenters. The SMILES string of the molecule is CSCCNC(=O)C[C@@H]1C(=O)NCCN1C1Cc2ccccc2C1. The Morgan fingerprint density at radius 2 is 2.04 bits per heavy atom. The number of carbonyl (C=O) groups excluding carboxylic acids is 2. The molecule has 0 aromatic heterocycles. The van der Waals surface area contributed by atoms with Crippen molar-refractivity contribution in [3.05, 3.63) is 35.4 Å². The molecular weight excluding hydrogens is 322 g/mol. The van der Waals surface area contributed by atoms with Gasteiger partial charge < -0.3 is 10.6 Å². The van der Waals surface area contributed by atoms with Crippen LogP contribution in [-0.2, 0) is 22.4 Å². The molecule has 1 fully saturated rings. The Hall–Kier alpha value is -1.53. The first-order valence-corrected chi connectivity index (χ1v) is 9.94. The van der Waals surface area contributed by atoms with E-state index in [1.165, 1.54) is 11.1 Å². The number of nitrogens with zero attached hydrogens (tertiary/aromatic N) is 1. The average Bonchev–Trinajstić information content (AvgIpc) is 3.01. The second kappa shape index (κ2) is 8.03. The fourth-order valence-corrected chi connectivity index (χ4v) is 4.00. The first-order chi connectivity index (χ1) is 11.7. The van der Waals surface area contributed by atoms with E-state index in [9.17, 15) is 9.59 Å². The highest BCUT2D eigenvalue weighted by atomic mass is 32.2. The van der Waals surface area contributed by atoms with Gasteiger partial charge in [-0.15, -0.1) is 0 Å². The molecule has 0 unspecified atom stereocenters. The number of fused-ring (bicyclic) bond motifs is 1. The monoisotopic (exact) mass is 347 g/mol. The lowest BCUT2D eigenvalue weighted by Gasteiger charge is -2.38. The van der Waals surface area contributed by atoms with Gasteiger partial charge in [0.1, 0.15) is 0 Å². The first-order valence-electron chi connectivity index (χ1n) is 8.55. The van der Waals surface area contributed by atoms with Crippen LogP contribution in [0.5, 0.6) is 0 Å².